The zero-order chi connectivity index (χ0) is 15.8. The first-order valence-electron chi connectivity index (χ1n) is 6.85. The second-order valence-corrected chi connectivity index (χ2v) is 4.91. The summed E-state index contributed by atoms with van der Waals surface area (Å²) in [6, 6.07) is 11.1. The second-order valence-electron chi connectivity index (χ2n) is 4.91. The normalized spacial score (nSPS) is 11.0. The van der Waals surface area contributed by atoms with Crippen LogP contribution in [0.5, 0.6) is 5.75 Å². The summed E-state index contributed by atoms with van der Waals surface area (Å²) in [6.45, 7) is 0. The monoisotopic (exact) mass is 308 g/mol. The van der Waals surface area contributed by atoms with E-state index in [1.54, 1.807) is 18.5 Å². The maximum Gasteiger partial charge on any atom is 0.426 e. The second kappa shape index (κ2) is 5.11. The van der Waals surface area contributed by atoms with Gasteiger partial charge in [0.05, 0.1) is 22.9 Å². The maximum atomic E-state index is 11.3. The van der Waals surface area contributed by atoms with Crippen LogP contribution in [0.3, 0.4) is 0 Å². The van der Waals surface area contributed by atoms with Gasteiger partial charge in [0, 0.05) is 5.56 Å². The molecule has 8 nitrogen and oxygen atoms in total. The molecule has 0 saturated carbocycles. The van der Waals surface area contributed by atoms with Crippen LogP contribution in [0.25, 0.3) is 33.5 Å². The van der Waals surface area contributed by atoms with E-state index in [4.69, 9.17) is 10.6 Å². The van der Waals surface area contributed by atoms with Crippen molar-refractivity contribution in [2.45, 2.75) is 0 Å². The maximum absolute atomic E-state index is 11.3. The molecular formula is C15H12N6O2. The minimum absolute atomic E-state index is 0.329. The summed E-state index contributed by atoms with van der Waals surface area (Å²) in [5.74, 6) is 6.04. The number of benzene rings is 2. The smallest absolute Gasteiger partial charge is 0.407 e. The van der Waals surface area contributed by atoms with E-state index in [-0.39, 0.29) is 0 Å². The predicted molar refractivity (Wildman–Crippen MR) is 84.5 cm³/mol. The molecular weight excluding hydrogens is 296 g/mol. The lowest BCUT2D eigenvalue weighted by Crippen LogP contribution is -2.32. The van der Waals surface area contributed by atoms with Gasteiger partial charge < -0.3 is 14.7 Å². The van der Waals surface area contributed by atoms with E-state index in [1.165, 1.54) is 0 Å². The lowest BCUT2D eigenvalue weighted by atomic mass is 10.2. The number of carbonyl (C=O) groups excluding carboxylic acids is 1. The first-order valence-corrected chi connectivity index (χ1v) is 6.85. The lowest BCUT2D eigenvalue weighted by molar-refractivity contribution is 0.201. The number of fused-ring (bicyclic) bond motifs is 2. The van der Waals surface area contributed by atoms with Crippen LogP contribution in [0.1, 0.15) is 0 Å². The number of aromatic nitrogens is 4. The molecule has 0 fully saturated rings. The fourth-order valence-electron chi connectivity index (χ4n) is 2.44. The lowest BCUT2D eigenvalue weighted by Gasteiger charge is -2.02. The van der Waals surface area contributed by atoms with Gasteiger partial charge in [0.2, 0.25) is 0 Å². The summed E-state index contributed by atoms with van der Waals surface area (Å²) in [4.78, 5) is 26.3. The van der Waals surface area contributed by atoms with E-state index in [0.717, 1.165) is 22.1 Å². The number of nitrogens with one attached hydrogen (secondary N) is 3. The highest BCUT2D eigenvalue weighted by Crippen LogP contribution is 2.28. The van der Waals surface area contributed by atoms with Gasteiger partial charge in [0.25, 0.3) is 0 Å². The Labute approximate surface area is 129 Å². The van der Waals surface area contributed by atoms with Crippen molar-refractivity contribution >= 4 is 28.2 Å². The van der Waals surface area contributed by atoms with E-state index >= 15 is 0 Å². The van der Waals surface area contributed by atoms with Crippen LogP contribution in [0.15, 0.2) is 42.7 Å². The number of H-pyrrole nitrogens is 2. The van der Waals surface area contributed by atoms with Crippen LogP contribution in [0.2, 0.25) is 0 Å². The number of nitrogens with zero attached hydrogens (tertiary/aromatic N) is 2. The number of rotatable bonds is 2. The SMILES string of the molecule is NNC(=O)Oc1cccc2[nH]c(-c3ccc4nc[nH]c4c3)nc12. The highest BCUT2D eigenvalue weighted by atomic mass is 16.6. The third-order valence-corrected chi connectivity index (χ3v) is 3.49. The molecule has 5 N–H and O–H groups in total. The molecule has 114 valence electrons. The quantitative estimate of drug-likeness (QED) is 0.256. The molecule has 2 aromatic heterocycles. The number of hydrogen-bond acceptors (Lipinski definition) is 5. The molecule has 0 unspecified atom stereocenters. The van der Waals surface area contributed by atoms with Crippen molar-refractivity contribution in [3.05, 3.63) is 42.7 Å². The number of para-hydroxylation sites is 1. The average molecular weight is 308 g/mol. The van der Waals surface area contributed by atoms with Crippen LogP contribution in [-0.2, 0) is 0 Å². The molecule has 0 spiro atoms. The number of carbonyl (C=O) groups is 1. The summed E-state index contributed by atoms with van der Waals surface area (Å²) in [5, 5.41) is 0. The molecule has 8 heteroatoms. The Morgan fingerprint density at radius 2 is 2.13 bits per heavy atom. The number of hydrazine groups is 1. The van der Waals surface area contributed by atoms with Gasteiger partial charge in [-0.3, -0.25) is 5.43 Å². The van der Waals surface area contributed by atoms with Gasteiger partial charge in [-0.1, -0.05) is 6.07 Å². The van der Waals surface area contributed by atoms with Crippen molar-refractivity contribution in [3.63, 3.8) is 0 Å². The molecule has 0 aliphatic rings. The molecule has 0 bridgehead atoms. The number of ether oxygens (including phenoxy) is 1. The Morgan fingerprint density at radius 1 is 1.22 bits per heavy atom. The number of amides is 1. The molecule has 1 amide bonds. The van der Waals surface area contributed by atoms with Crippen LogP contribution in [-0.4, -0.2) is 26.0 Å². The van der Waals surface area contributed by atoms with Gasteiger partial charge in [0.15, 0.2) is 5.75 Å². The van der Waals surface area contributed by atoms with Gasteiger partial charge in [-0.15, -0.1) is 0 Å². The number of nitrogens with two attached hydrogens (primary N) is 1. The van der Waals surface area contributed by atoms with Crippen molar-refractivity contribution < 1.29 is 9.53 Å². The highest BCUT2D eigenvalue weighted by molar-refractivity contribution is 5.88. The molecule has 23 heavy (non-hydrogen) atoms. The van der Waals surface area contributed by atoms with Crippen LogP contribution < -0.4 is 16.0 Å². The number of hydrogen-bond donors (Lipinski definition) is 4. The summed E-state index contributed by atoms with van der Waals surface area (Å²) >= 11 is 0. The Bertz CT molecular complexity index is 1020. The third-order valence-electron chi connectivity index (χ3n) is 3.49. The fourth-order valence-corrected chi connectivity index (χ4v) is 2.44. The highest BCUT2D eigenvalue weighted by Gasteiger charge is 2.12. The Hall–Kier alpha value is -3.39. The molecule has 0 atom stereocenters. The summed E-state index contributed by atoms with van der Waals surface area (Å²) in [7, 11) is 0. The largest absolute Gasteiger partial charge is 0.426 e. The molecule has 4 rings (SSSR count). The van der Waals surface area contributed by atoms with E-state index in [0.29, 0.717) is 17.1 Å². The molecule has 0 saturated heterocycles. The van der Waals surface area contributed by atoms with E-state index in [2.05, 4.69) is 19.9 Å². The first-order chi connectivity index (χ1) is 11.2. The molecule has 4 aromatic rings. The van der Waals surface area contributed by atoms with Gasteiger partial charge in [-0.2, -0.15) is 0 Å². The average Bonchev–Trinajstić information content (AvgIpc) is 3.20. The summed E-state index contributed by atoms with van der Waals surface area (Å²) in [5.41, 5.74) is 5.93. The summed E-state index contributed by atoms with van der Waals surface area (Å²) in [6.07, 6.45) is 0.894. The van der Waals surface area contributed by atoms with Crippen molar-refractivity contribution in [1.29, 1.82) is 0 Å². The van der Waals surface area contributed by atoms with Gasteiger partial charge in [-0.25, -0.2) is 20.6 Å². The minimum atomic E-state index is -0.749. The van der Waals surface area contributed by atoms with Crippen LogP contribution in [0.4, 0.5) is 4.79 Å². The van der Waals surface area contributed by atoms with Crippen LogP contribution >= 0.6 is 0 Å². The summed E-state index contributed by atoms with van der Waals surface area (Å²) < 4.78 is 5.11. The van der Waals surface area contributed by atoms with Crippen molar-refractivity contribution in [2.24, 2.45) is 5.84 Å². The molecule has 0 radical (unpaired) electrons. The minimum Gasteiger partial charge on any atom is -0.407 e. The van der Waals surface area contributed by atoms with E-state index in [9.17, 15) is 4.79 Å². The molecule has 2 aromatic carbocycles. The van der Waals surface area contributed by atoms with Crippen LogP contribution in [0, 0.1) is 0 Å². The predicted octanol–water partition coefficient (Wildman–Crippen LogP) is 2.07. The van der Waals surface area contributed by atoms with E-state index in [1.807, 2.05) is 29.7 Å². The Kier molecular flexibility index (Phi) is 2.95. The number of imidazole rings is 2. The van der Waals surface area contributed by atoms with E-state index < -0.39 is 6.09 Å². The Morgan fingerprint density at radius 3 is 3.00 bits per heavy atom. The topological polar surface area (TPSA) is 122 Å². The standard InChI is InChI=1S/C15H12N6O2/c16-21-15(22)23-12-3-1-2-10-13(12)20-14(19-10)8-4-5-9-11(6-8)18-7-17-9/h1-7H,16H2,(H,17,18)(H,19,20)(H,21,22). The fraction of sp³-hybridized carbons (Fsp3) is 0. The third kappa shape index (κ3) is 2.27. The van der Waals surface area contributed by atoms with Gasteiger partial charge >= 0.3 is 6.09 Å². The van der Waals surface area contributed by atoms with Crippen molar-refractivity contribution in [3.8, 4) is 17.1 Å². The molecule has 0 aliphatic heterocycles. The zero-order valence-corrected chi connectivity index (χ0v) is 11.8. The number of aromatic amines is 2. The Balaban J connectivity index is 1.81. The zero-order valence-electron chi connectivity index (χ0n) is 11.8. The van der Waals surface area contributed by atoms with Crippen molar-refractivity contribution in [2.75, 3.05) is 0 Å². The van der Waals surface area contributed by atoms with Gasteiger partial charge in [-0.05, 0) is 30.3 Å². The molecule has 0 aliphatic carbocycles. The van der Waals surface area contributed by atoms with Crippen molar-refractivity contribution in [1.82, 2.24) is 25.4 Å². The first kappa shape index (κ1) is 13.3. The van der Waals surface area contributed by atoms with Gasteiger partial charge in [0.1, 0.15) is 11.3 Å². The molecule has 2 heterocycles.